The quantitative estimate of drug-likeness (QED) is 0.0247. The molecule has 0 aromatic carbocycles. The van der Waals surface area contributed by atoms with Crippen molar-refractivity contribution in [1.29, 1.82) is 0 Å². The standard InChI is InChI=1S/C44H89N2O6P/c1-6-8-10-12-14-16-18-20-21-22-23-24-26-28-30-32-34-36-38-44(48)45-42(41-52-53(49,50)51-40-39-46(3,4)5)43(47)37-35-33-31-29-27-25-19-17-15-13-11-9-7-2/h23-24,42-43,47H,6-22,25-41H2,1-5H3,(H-,45,48,49,50)/p+1/b24-23-. The molecule has 53 heavy (non-hydrogen) atoms. The van der Waals surface area contributed by atoms with Crippen LogP contribution in [-0.2, 0) is 18.4 Å². The average molecular weight is 774 g/mol. The highest BCUT2D eigenvalue weighted by Gasteiger charge is 2.28. The summed E-state index contributed by atoms with van der Waals surface area (Å²) in [4.78, 5) is 23.1. The van der Waals surface area contributed by atoms with Crippen molar-refractivity contribution in [1.82, 2.24) is 5.32 Å². The number of carbonyl (C=O) groups excluding carboxylic acids is 1. The molecule has 0 bridgehead atoms. The predicted octanol–water partition coefficient (Wildman–Crippen LogP) is 12.4. The Morgan fingerprint density at radius 3 is 1.45 bits per heavy atom. The van der Waals surface area contributed by atoms with E-state index in [0.29, 0.717) is 23.9 Å². The molecule has 0 fully saturated rings. The molecule has 316 valence electrons. The molecule has 0 aliphatic rings. The van der Waals surface area contributed by atoms with Gasteiger partial charge < -0.3 is 19.8 Å². The topological polar surface area (TPSA) is 105 Å². The number of amides is 1. The van der Waals surface area contributed by atoms with Crippen molar-refractivity contribution in [3.63, 3.8) is 0 Å². The first-order valence-electron chi connectivity index (χ1n) is 22.6. The van der Waals surface area contributed by atoms with Gasteiger partial charge in [0.25, 0.3) is 0 Å². The maximum atomic E-state index is 12.9. The number of phosphoric acid groups is 1. The van der Waals surface area contributed by atoms with Gasteiger partial charge in [-0.2, -0.15) is 0 Å². The number of quaternary nitrogens is 1. The molecule has 0 heterocycles. The van der Waals surface area contributed by atoms with Crippen LogP contribution in [0.2, 0.25) is 0 Å². The fourth-order valence-electron chi connectivity index (χ4n) is 6.63. The van der Waals surface area contributed by atoms with Crippen LogP contribution in [0, 0.1) is 0 Å². The number of allylic oxidation sites excluding steroid dienone is 2. The van der Waals surface area contributed by atoms with Crippen molar-refractivity contribution in [2.24, 2.45) is 0 Å². The van der Waals surface area contributed by atoms with Gasteiger partial charge in [0.15, 0.2) is 0 Å². The third-order valence-corrected chi connectivity index (χ3v) is 11.2. The first-order valence-corrected chi connectivity index (χ1v) is 24.0. The molecule has 3 unspecified atom stereocenters. The van der Waals surface area contributed by atoms with Crippen molar-refractivity contribution >= 4 is 13.7 Å². The predicted molar refractivity (Wildman–Crippen MR) is 226 cm³/mol. The lowest BCUT2D eigenvalue weighted by molar-refractivity contribution is -0.870. The number of likely N-dealkylation sites (N-methyl/N-ethyl adjacent to an activating group) is 1. The third kappa shape index (κ3) is 39.3. The largest absolute Gasteiger partial charge is 0.472 e. The van der Waals surface area contributed by atoms with E-state index < -0.39 is 20.0 Å². The molecule has 0 aromatic rings. The van der Waals surface area contributed by atoms with E-state index in [1.165, 1.54) is 135 Å². The number of aliphatic hydroxyl groups excluding tert-OH is 1. The molecule has 0 aliphatic heterocycles. The molecule has 0 aliphatic carbocycles. The van der Waals surface area contributed by atoms with Gasteiger partial charge in [-0.1, -0.05) is 180 Å². The summed E-state index contributed by atoms with van der Waals surface area (Å²) >= 11 is 0. The van der Waals surface area contributed by atoms with Crippen molar-refractivity contribution in [2.45, 2.75) is 225 Å². The molecular formula is C44H90N2O6P+. The highest BCUT2D eigenvalue weighted by Crippen LogP contribution is 2.43. The van der Waals surface area contributed by atoms with Crippen molar-refractivity contribution in [2.75, 3.05) is 40.9 Å². The lowest BCUT2D eigenvalue weighted by Crippen LogP contribution is -2.46. The van der Waals surface area contributed by atoms with Crippen LogP contribution in [0.3, 0.4) is 0 Å². The van der Waals surface area contributed by atoms with Crippen molar-refractivity contribution in [3.05, 3.63) is 12.2 Å². The summed E-state index contributed by atoms with van der Waals surface area (Å²) in [5, 5.41) is 13.9. The maximum absolute atomic E-state index is 12.9. The Balaban J connectivity index is 4.34. The molecule has 8 nitrogen and oxygen atoms in total. The van der Waals surface area contributed by atoms with Gasteiger partial charge >= 0.3 is 7.82 Å². The molecule has 3 N–H and O–H groups in total. The van der Waals surface area contributed by atoms with Gasteiger partial charge in [-0.3, -0.25) is 13.8 Å². The van der Waals surface area contributed by atoms with E-state index in [4.69, 9.17) is 9.05 Å². The summed E-state index contributed by atoms with van der Waals surface area (Å²) in [5.41, 5.74) is 0. The summed E-state index contributed by atoms with van der Waals surface area (Å²) in [7, 11) is 1.62. The minimum atomic E-state index is -4.31. The summed E-state index contributed by atoms with van der Waals surface area (Å²) in [6.45, 7) is 4.89. The lowest BCUT2D eigenvalue weighted by atomic mass is 10.0. The Morgan fingerprint density at radius 1 is 0.623 bits per heavy atom. The van der Waals surface area contributed by atoms with Crippen molar-refractivity contribution in [3.8, 4) is 0 Å². The normalized spacial score (nSPS) is 14.5. The first-order chi connectivity index (χ1) is 25.5. The van der Waals surface area contributed by atoms with Gasteiger partial charge in [-0.15, -0.1) is 0 Å². The molecule has 0 rings (SSSR count). The zero-order valence-corrected chi connectivity index (χ0v) is 36.7. The number of aliphatic hydroxyl groups is 1. The average Bonchev–Trinajstić information content (AvgIpc) is 3.10. The molecule has 0 spiro atoms. The Labute approximate surface area is 329 Å². The van der Waals surface area contributed by atoms with E-state index in [1.807, 2.05) is 21.1 Å². The van der Waals surface area contributed by atoms with E-state index >= 15 is 0 Å². The van der Waals surface area contributed by atoms with Crippen LogP contribution in [0.5, 0.6) is 0 Å². The van der Waals surface area contributed by atoms with Crippen LogP contribution < -0.4 is 5.32 Å². The molecule has 0 aromatic heterocycles. The molecule has 0 saturated heterocycles. The number of carbonyl (C=O) groups is 1. The molecular weight excluding hydrogens is 683 g/mol. The van der Waals surface area contributed by atoms with Crippen LogP contribution in [0.15, 0.2) is 12.2 Å². The van der Waals surface area contributed by atoms with Gasteiger partial charge in [0.1, 0.15) is 13.2 Å². The summed E-state index contributed by atoms with van der Waals surface area (Å²) in [6, 6.07) is -0.760. The lowest BCUT2D eigenvalue weighted by Gasteiger charge is -2.26. The number of nitrogens with one attached hydrogen (secondary N) is 1. The van der Waals surface area contributed by atoms with Crippen LogP contribution in [0.4, 0.5) is 0 Å². The van der Waals surface area contributed by atoms with E-state index in [1.54, 1.807) is 0 Å². The monoisotopic (exact) mass is 774 g/mol. The maximum Gasteiger partial charge on any atom is 0.472 e. The third-order valence-electron chi connectivity index (χ3n) is 10.3. The Morgan fingerprint density at radius 2 is 1.02 bits per heavy atom. The SMILES string of the molecule is CCCCCCCCCCC/C=C\CCCCCCCC(=O)NC(COP(=O)(O)OCC[N+](C)(C)C)C(O)CCCCCCCCCCCCCCC. The fraction of sp³-hybridized carbons (Fsp3) is 0.932. The second-order valence-electron chi connectivity index (χ2n) is 16.8. The zero-order valence-electron chi connectivity index (χ0n) is 35.8. The Kier molecular flexibility index (Phi) is 36.3. The minimum Gasteiger partial charge on any atom is -0.391 e. The number of unbranched alkanes of at least 4 members (excludes halogenated alkanes) is 26. The summed E-state index contributed by atoms with van der Waals surface area (Å²) in [5.74, 6) is -0.152. The number of rotatable bonds is 41. The number of hydrogen-bond acceptors (Lipinski definition) is 5. The highest BCUT2D eigenvalue weighted by atomic mass is 31.2. The first kappa shape index (κ1) is 52.2. The second-order valence-corrected chi connectivity index (χ2v) is 18.2. The van der Waals surface area contributed by atoms with Gasteiger partial charge in [-0.25, -0.2) is 4.57 Å². The van der Waals surface area contributed by atoms with Crippen molar-refractivity contribution < 1.29 is 32.9 Å². The molecule has 0 saturated carbocycles. The van der Waals surface area contributed by atoms with E-state index in [2.05, 4.69) is 31.3 Å². The molecule has 9 heteroatoms. The number of hydrogen-bond donors (Lipinski definition) is 3. The summed E-state index contributed by atoms with van der Waals surface area (Å²) < 4.78 is 23.6. The number of phosphoric ester groups is 1. The van der Waals surface area contributed by atoms with Gasteiger partial charge in [-0.05, 0) is 38.5 Å². The van der Waals surface area contributed by atoms with Crippen LogP contribution in [-0.4, -0.2) is 73.4 Å². The van der Waals surface area contributed by atoms with E-state index in [-0.39, 0.29) is 19.1 Å². The smallest absolute Gasteiger partial charge is 0.391 e. The Bertz CT molecular complexity index is 880. The summed E-state index contributed by atoms with van der Waals surface area (Å²) in [6.07, 6.45) is 40.9. The molecule has 1 amide bonds. The zero-order chi connectivity index (χ0) is 39.3. The second kappa shape index (κ2) is 36.9. The Hall–Kier alpha value is -0.760. The van der Waals surface area contributed by atoms with Crippen LogP contribution in [0.25, 0.3) is 0 Å². The van der Waals surface area contributed by atoms with E-state index in [0.717, 1.165) is 51.4 Å². The highest BCUT2D eigenvalue weighted by molar-refractivity contribution is 7.47. The molecule has 0 radical (unpaired) electrons. The van der Waals surface area contributed by atoms with Crippen LogP contribution >= 0.6 is 7.82 Å². The fourth-order valence-corrected chi connectivity index (χ4v) is 7.36. The molecule has 3 atom stereocenters. The van der Waals surface area contributed by atoms with Crippen LogP contribution in [0.1, 0.15) is 213 Å². The number of nitrogens with zero attached hydrogens (tertiary/aromatic N) is 1. The van der Waals surface area contributed by atoms with E-state index in [9.17, 15) is 19.4 Å². The van der Waals surface area contributed by atoms with Gasteiger partial charge in [0.2, 0.25) is 5.91 Å². The van der Waals surface area contributed by atoms with Gasteiger partial charge in [0.05, 0.1) is 39.9 Å². The minimum absolute atomic E-state index is 0.0749. The van der Waals surface area contributed by atoms with Gasteiger partial charge in [0, 0.05) is 6.42 Å².